The number of carbonyl (C=O) groups is 3. The minimum Gasteiger partial charge on any atom is -0.461 e. The Morgan fingerprint density at radius 1 is 1.14 bits per heavy atom. The molecule has 1 fully saturated rings. The van der Waals surface area contributed by atoms with E-state index in [0.717, 1.165) is 44.9 Å². The van der Waals surface area contributed by atoms with E-state index in [1.165, 1.54) is 12.8 Å². The monoisotopic (exact) mass is 397 g/mol. The number of rotatable bonds is 16. The SMILES string of the molecule is CCCCCC[C@@H]1C(=O)OC1C[C@H](CCCCC)OC(=O)[C@@H](NC=O)C(C)C. The summed E-state index contributed by atoms with van der Waals surface area (Å²) >= 11 is 0. The van der Waals surface area contributed by atoms with Crippen LogP contribution in [0.1, 0.15) is 91.9 Å². The van der Waals surface area contributed by atoms with E-state index in [1.54, 1.807) is 0 Å². The molecular weight excluding hydrogens is 358 g/mol. The van der Waals surface area contributed by atoms with Crippen molar-refractivity contribution in [3.8, 4) is 0 Å². The molecule has 4 atom stereocenters. The zero-order valence-electron chi connectivity index (χ0n) is 18.1. The van der Waals surface area contributed by atoms with Gasteiger partial charge in [0.15, 0.2) is 0 Å². The average molecular weight is 398 g/mol. The fraction of sp³-hybridized carbons (Fsp3) is 0.864. The fourth-order valence-electron chi connectivity index (χ4n) is 3.65. The smallest absolute Gasteiger partial charge is 0.329 e. The highest BCUT2D eigenvalue weighted by atomic mass is 16.6. The van der Waals surface area contributed by atoms with Gasteiger partial charge in [-0.25, -0.2) is 4.79 Å². The molecule has 1 saturated heterocycles. The minimum absolute atomic E-state index is 0.0539. The summed E-state index contributed by atoms with van der Waals surface area (Å²) in [7, 11) is 0. The van der Waals surface area contributed by atoms with Crippen LogP contribution in [-0.2, 0) is 23.9 Å². The Hall–Kier alpha value is -1.59. The van der Waals surface area contributed by atoms with Gasteiger partial charge in [0.05, 0.1) is 5.92 Å². The highest BCUT2D eigenvalue weighted by Crippen LogP contribution is 2.32. The Morgan fingerprint density at radius 2 is 1.82 bits per heavy atom. The number of esters is 2. The molecule has 0 aromatic carbocycles. The van der Waals surface area contributed by atoms with Crippen LogP contribution in [0.3, 0.4) is 0 Å². The maximum Gasteiger partial charge on any atom is 0.329 e. The molecule has 6 heteroatoms. The molecule has 1 amide bonds. The van der Waals surface area contributed by atoms with Crippen molar-refractivity contribution in [1.29, 1.82) is 0 Å². The standard InChI is InChI=1S/C22H39NO5/c1-5-7-9-11-13-18-19(28-21(18)25)14-17(12-10-8-6-2)27-22(26)20(16(3)4)23-15-24/h15-20H,5-14H2,1-4H3,(H,23,24)/t17-,18-,19?,20-/m0/s1. The van der Waals surface area contributed by atoms with Gasteiger partial charge in [-0.15, -0.1) is 0 Å². The van der Waals surface area contributed by atoms with Crippen molar-refractivity contribution in [2.45, 2.75) is 110 Å². The quantitative estimate of drug-likeness (QED) is 0.240. The van der Waals surface area contributed by atoms with Crippen LogP contribution < -0.4 is 5.32 Å². The van der Waals surface area contributed by atoms with Gasteiger partial charge in [-0.05, 0) is 25.2 Å². The predicted molar refractivity (Wildman–Crippen MR) is 109 cm³/mol. The molecule has 28 heavy (non-hydrogen) atoms. The molecule has 6 nitrogen and oxygen atoms in total. The van der Waals surface area contributed by atoms with Crippen LogP contribution in [0.5, 0.6) is 0 Å². The molecule has 0 radical (unpaired) electrons. The van der Waals surface area contributed by atoms with Crippen LogP contribution in [0.15, 0.2) is 0 Å². The Balaban J connectivity index is 2.63. The average Bonchev–Trinajstić information content (AvgIpc) is 2.65. The minimum atomic E-state index is -0.653. The number of ether oxygens (including phenoxy) is 2. The Kier molecular flexibility index (Phi) is 11.8. The third kappa shape index (κ3) is 8.19. The van der Waals surface area contributed by atoms with E-state index < -0.39 is 12.0 Å². The van der Waals surface area contributed by atoms with Gasteiger partial charge < -0.3 is 14.8 Å². The van der Waals surface area contributed by atoms with Crippen molar-refractivity contribution in [2.24, 2.45) is 11.8 Å². The summed E-state index contributed by atoms with van der Waals surface area (Å²) in [6.07, 6.45) is 9.87. The lowest BCUT2D eigenvalue weighted by atomic mass is 9.86. The van der Waals surface area contributed by atoms with Crippen LogP contribution in [0.4, 0.5) is 0 Å². The van der Waals surface area contributed by atoms with Gasteiger partial charge in [0.1, 0.15) is 18.2 Å². The summed E-state index contributed by atoms with van der Waals surface area (Å²) in [5.41, 5.74) is 0. The molecule has 0 aromatic rings. The topological polar surface area (TPSA) is 81.7 Å². The normalized spacial score (nSPS) is 20.8. The zero-order valence-corrected chi connectivity index (χ0v) is 18.1. The molecule has 1 heterocycles. The van der Waals surface area contributed by atoms with E-state index in [1.807, 2.05) is 13.8 Å². The van der Waals surface area contributed by atoms with E-state index in [-0.39, 0.29) is 30.0 Å². The van der Waals surface area contributed by atoms with Gasteiger partial charge in [0, 0.05) is 6.42 Å². The first-order valence-corrected chi connectivity index (χ1v) is 11.0. The largest absolute Gasteiger partial charge is 0.461 e. The molecule has 0 saturated carbocycles. The molecule has 162 valence electrons. The second kappa shape index (κ2) is 13.6. The van der Waals surface area contributed by atoms with Crippen LogP contribution in [0, 0.1) is 11.8 Å². The zero-order chi connectivity index (χ0) is 20.9. The molecule has 1 rings (SSSR count). The summed E-state index contributed by atoms with van der Waals surface area (Å²) in [5.74, 6) is -0.656. The number of hydrogen-bond donors (Lipinski definition) is 1. The van der Waals surface area contributed by atoms with E-state index in [4.69, 9.17) is 9.47 Å². The van der Waals surface area contributed by atoms with Gasteiger partial charge >= 0.3 is 11.9 Å². The van der Waals surface area contributed by atoms with Gasteiger partial charge in [0.2, 0.25) is 6.41 Å². The van der Waals surface area contributed by atoms with Crippen LogP contribution in [-0.4, -0.2) is 36.6 Å². The molecule has 0 spiro atoms. The lowest BCUT2D eigenvalue weighted by molar-refractivity contribution is -0.190. The number of amides is 1. The van der Waals surface area contributed by atoms with Crippen molar-refractivity contribution in [2.75, 3.05) is 0 Å². The molecule has 1 unspecified atom stereocenters. The number of cyclic esters (lactones) is 1. The van der Waals surface area contributed by atoms with Crippen LogP contribution in [0.2, 0.25) is 0 Å². The van der Waals surface area contributed by atoms with Crippen molar-refractivity contribution in [3.05, 3.63) is 0 Å². The van der Waals surface area contributed by atoms with Crippen molar-refractivity contribution >= 4 is 18.3 Å². The van der Waals surface area contributed by atoms with E-state index >= 15 is 0 Å². The summed E-state index contributed by atoms with van der Waals surface area (Å²) in [5, 5.41) is 2.55. The summed E-state index contributed by atoms with van der Waals surface area (Å²) in [6, 6.07) is -0.653. The Labute approximate surface area is 170 Å². The third-order valence-corrected chi connectivity index (χ3v) is 5.46. The first kappa shape index (κ1) is 24.4. The summed E-state index contributed by atoms with van der Waals surface area (Å²) in [6.45, 7) is 8.03. The number of unbranched alkanes of at least 4 members (excludes halogenated alkanes) is 5. The van der Waals surface area contributed by atoms with Crippen molar-refractivity contribution in [3.63, 3.8) is 0 Å². The third-order valence-electron chi connectivity index (χ3n) is 5.46. The maximum atomic E-state index is 12.5. The van der Waals surface area contributed by atoms with Gasteiger partial charge in [0.25, 0.3) is 0 Å². The Morgan fingerprint density at radius 3 is 2.39 bits per heavy atom. The van der Waals surface area contributed by atoms with Gasteiger partial charge in [-0.1, -0.05) is 66.2 Å². The molecule has 0 bridgehead atoms. The molecule has 0 aromatic heterocycles. The first-order chi connectivity index (χ1) is 13.4. The van der Waals surface area contributed by atoms with Gasteiger partial charge in [-0.3, -0.25) is 9.59 Å². The highest BCUT2D eigenvalue weighted by molar-refractivity contribution is 5.79. The second-order valence-corrected chi connectivity index (χ2v) is 8.23. The van der Waals surface area contributed by atoms with Crippen molar-refractivity contribution in [1.82, 2.24) is 5.32 Å². The summed E-state index contributed by atoms with van der Waals surface area (Å²) in [4.78, 5) is 35.2. The molecule has 1 aliphatic heterocycles. The molecular formula is C22H39NO5. The maximum absolute atomic E-state index is 12.5. The van der Waals surface area contributed by atoms with E-state index in [2.05, 4.69) is 19.2 Å². The van der Waals surface area contributed by atoms with Crippen LogP contribution in [0.25, 0.3) is 0 Å². The predicted octanol–water partition coefficient (Wildman–Crippen LogP) is 4.15. The number of hydrogen-bond acceptors (Lipinski definition) is 5. The van der Waals surface area contributed by atoms with E-state index in [0.29, 0.717) is 12.8 Å². The van der Waals surface area contributed by atoms with E-state index in [9.17, 15) is 14.4 Å². The number of carbonyl (C=O) groups excluding carboxylic acids is 3. The Bertz CT molecular complexity index is 480. The van der Waals surface area contributed by atoms with Gasteiger partial charge in [-0.2, -0.15) is 0 Å². The van der Waals surface area contributed by atoms with Crippen molar-refractivity contribution < 1.29 is 23.9 Å². The number of nitrogens with one attached hydrogen (secondary N) is 1. The summed E-state index contributed by atoms with van der Waals surface area (Å²) < 4.78 is 11.1. The second-order valence-electron chi connectivity index (χ2n) is 8.23. The van der Waals surface area contributed by atoms with Crippen LogP contribution >= 0.6 is 0 Å². The molecule has 1 N–H and O–H groups in total. The lowest BCUT2D eigenvalue weighted by Crippen LogP contribution is -2.48. The fourth-order valence-corrected chi connectivity index (χ4v) is 3.65. The highest BCUT2D eigenvalue weighted by Gasteiger charge is 2.43. The lowest BCUT2D eigenvalue weighted by Gasteiger charge is -2.37. The first-order valence-electron chi connectivity index (χ1n) is 11.0. The molecule has 1 aliphatic rings. The molecule has 0 aliphatic carbocycles.